The number of aliphatic hydroxyl groups excluding tert-OH is 1. The third-order valence-corrected chi connectivity index (χ3v) is 2.13. The minimum absolute atomic E-state index is 0.123. The standard InChI is InChI=1S/C9H11F3N4O3/c1-13-7-2-5(16(18)19)3-8(15-7)14-4-6(17)9(10,11)12/h2-3,6,17H,4H2,1H3,(H2,13,14,15). The molecule has 1 rings (SSSR count). The van der Waals surface area contributed by atoms with Crippen LogP contribution in [-0.4, -0.2) is 40.9 Å². The van der Waals surface area contributed by atoms with Crippen LogP contribution in [0.2, 0.25) is 0 Å². The number of nitrogens with zero attached hydrogens (tertiary/aromatic N) is 2. The van der Waals surface area contributed by atoms with Gasteiger partial charge in [0.2, 0.25) is 0 Å². The quantitative estimate of drug-likeness (QED) is 0.556. The Morgan fingerprint density at radius 1 is 1.47 bits per heavy atom. The number of aromatic nitrogens is 1. The number of pyridine rings is 1. The van der Waals surface area contributed by atoms with Crippen LogP contribution < -0.4 is 10.6 Å². The maximum absolute atomic E-state index is 12.1. The minimum atomic E-state index is -4.76. The molecule has 1 unspecified atom stereocenters. The normalized spacial score (nSPS) is 12.9. The van der Waals surface area contributed by atoms with E-state index in [4.69, 9.17) is 5.11 Å². The number of anilines is 2. The van der Waals surface area contributed by atoms with Crippen molar-refractivity contribution >= 4 is 17.3 Å². The first-order valence-electron chi connectivity index (χ1n) is 5.07. The van der Waals surface area contributed by atoms with E-state index >= 15 is 0 Å². The topological polar surface area (TPSA) is 100 Å². The SMILES string of the molecule is CNc1cc([N+](=O)[O-])cc(NCC(O)C(F)(F)F)n1. The molecule has 19 heavy (non-hydrogen) atoms. The van der Waals surface area contributed by atoms with Gasteiger partial charge in [-0.25, -0.2) is 4.98 Å². The van der Waals surface area contributed by atoms with Crippen LogP contribution in [0.1, 0.15) is 0 Å². The molecular weight excluding hydrogens is 269 g/mol. The number of hydrogen-bond acceptors (Lipinski definition) is 6. The summed E-state index contributed by atoms with van der Waals surface area (Å²) < 4.78 is 36.2. The van der Waals surface area contributed by atoms with E-state index in [9.17, 15) is 23.3 Å². The monoisotopic (exact) mass is 280 g/mol. The van der Waals surface area contributed by atoms with Crippen LogP contribution >= 0.6 is 0 Å². The zero-order valence-electron chi connectivity index (χ0n) is 9.73. The lowest BCUT2D eigenvalue weighted by Gasteiger charge is -2.15. The van der Waals surface area contributed by atoms with Gasteiger partial charge in [0.15, 0.2) is 6.10 Å². The second-order valence-electron chi connectivity index (χ2n) is 3.54. The Labute approximate surface area is 105 Å². The van der Waals surface area contributed by atoms with Gasteiger partial charge in [-0.1, -0.05) is 0 Å². The summed E-state index contributed by atoms with van der Waals surface area (Å²) in [5.74, 6) is -0.0138. The molecule has 0 radical (unpaired) electrons. The van der Waals surface area contributed by atoms with Crippen LogP contribution in [0.5, 0.6) is 0 Å². The molecule has 0 saturated heterocycles. The lowest BCUT2D eigenvalue weighted by atomic mass is 10.3. The molecule has 106 valence electrons. The van der Waals surface area contributed by atoms with Gasteiger partial charge >= 0.3 is 6.18 Å². The molecule has 0 bridgehead atoms. The highest BCUT2D eigenvalue weighted by Crippen LogP contribution is 2.22. The van der Waals surface area contributed by atoms with E-state index in [1.165, 1.54) is 7.05 Å². The first-order chi connectivity index (χ1) is 8.74. The van der Waals surface area contributed by atoms with Gasteiger partial charge in [0.05, 0.1) is 23.6 Å². The molecule has 1 aromatic heterocycles. The number of nitrogens with one attached hydrogen (secondary N) is 2. The van der Waals surface area contributed by atoms with E-state index in [0.29, 0.717) is 0 Å². The van der Waals surface area contributed by atoms with Crippen molar-refractivity contribution in [1.82, 2.24) is 4.98 Å². The molecule has 10 heteroatoms. The van der Waals surface area contributed by atoms with Crippen LogP contribution in [0.3, 0.4) is 0 Å². The largest absolute Gasteiger partial charge is 0.416 e. The van der Waals surface area contributed by atoms with E-state index in [1.54, 1.807) is 0 Å². The average Bonchev–Trinajstić information content (AvgIpc) is 2.34. The molecule has 1 heterocycles. The van der Waals surface area contributed by atoms with Crippen LogP contribution in [0.25, 0.3) is 0 Å². The molecular formula is C9H11F3N4O3. The van der Waals surface area contributed by atoms with Crippen molar-refractivity contribution in [3.05, 3.63) is 22.2 Å². The van der Waals surface area contributed by atoms with Crippen LogP contribution in [0.4, 0.5) is 30.5 Å². The van der Waals surface area contributed by atoms with Gasteiger partial charge in [0.25, 0.3) is 5.69 Å². The molecule has 1 aromatic rings. The van der Waals surface area contributed by atoms with E-state index in [2.05, 4.69) is 15.6 Å². The summed E-state index contributed by atoms with van der Waals surface area (Å²) in [7, 11) is 1.46. The van der Waals surface area contributed by atoms with Crippen molar-refractivity contribution in [2.75, 3.05) is 24.2 Å². The van der Waals surface area contributed by atoms with Gasteiger partial charge in [0, 0.05) is 7.05 Å². The fourth-order valence-electron chi connectivity index (χ4n) is 1.16. The van der Waals surface area contributed by atoms with Crippen LogP contribution in [-0.2, 0) is 0 Å². The van der Waals surface area contributed by atoms with Crippen molar-refractivity contribution in [3.8, 4) is 0 Å². The molecule has 0 saturated carbocycles. The number of aliphatic hydroxyl groups is 1. The molecule has 0 amide bonds. The molecule has 0 fully saturated rings. The third-order valence-electron chi connectivity index (χ3n) is 2.13. The number of rotatable bonds is 5. The van der Waals surface area contributed by atoms with Crippen molar-refractivity contribution in [1.29, 1.82) is 0 Å². The smallest absolute Gasteiger partial charge is 0.382 e. The Morgan fingerprint density at radius 2 is 2.05 bits per heavy atom. The highest BCUT2D eigenvalue weighted by atomic mass is 19.4. The fraction of sp³-hybridized carbons (Fsp3) is 0.444. The summed E-state index contributed by atoms with van der Waals surface area (Å²) >= 11 is 0. The maximum Gasteiger partial charge on any atom is 0.416 e. The number of halogens is 3. The van der Waals surface area contributed by atoms with Gasteiger partial charge in [0.1, 0.15) is 11.6 Å². The predicted molar refractivity (Wildman–Crippen MR) is 61.0 cm³/mol. The van der Waals surface area contributed by atoms with Gasteiger partial charge < -0.3 is 15.7 Å². The van der Waals surface area contributed by atoms with E-state index in [1.807, 2.05) is 0 Å². The second-order valence-corrected chi connectivity index (χ2v) is 3.54. The first kappa shape index (κ1) is 15.0. The highest BCUT2D eigenvalue weighted by molar-refractivity contribution is 5.54. The molecule has 1 atom stereocenters. The van der Waals surface area contributed by atoms with Crippen LogP contribution in [0, 0.1) is 10.1 Å². The van der Waals surface area contributed by atoms with Gasteiger partial charge in [-0.3, -0.25) is 10.1 Å². The summed E-state index contributed by atoms with van der Waals surface area (Å²) in [6, 6.07) is 2.11. The number of nitro groups is 1. The minimum Gasteiger partial charge on any atom is -0.382 e. The Kier molecular flexibility index (Phi) is 4.48. The summed E-state index contributed by atoms with van der Waals surface area (Å²) in [6.45, 7) is -0.846. The summed E-state index contributed by atoms with van der Waals surface area (Å²) in [4.78, 5) is 13.7. The van der Waals surface area contributed by atoms with Crippen LogP contribution in [0.15, 0.2) is 12.1 Å². The van der Waals surface area contributed by atoms with E-state index < -0.39 is 23.7 Å². The Morgan fingerprint density at radius 3 is 2.53 bits per heavy atom. The predicted octanol–water partition coefficient (Wildman–Crippen LogP) is 1.37. The Balaban J connectivity index is 2.83. The highest BCUT2D eigenvalue weighted by Gasteiger charge is 2.37. The zero-order chi connectivity index (χ0) is 14.6. The number of alkyl halides is 3. The van der Waals surface area contributed by atoms with Crippen molar-refractivity contribution in [2.24, 2.45) is 0 Å². The lowest BCUT2D eigenvalue weighted by molar-refractivity contribution is -0.384. The zero-order valence-corrected chi connectivity index (χ0v) is 9.73. The summed E-state index contributed by atoms with van der Waals surface area (Å²) in [5, 5.41) is 24.1. The molecule has 0 aliphatic carbocycles. The van der Waals surface area contributed by atoms with Gasteiger partial charge in [-0.05, 0) is 0 Å². The second kappa shape index (κ2) is 5.69. The Bertz CT molecular complexity index is 467. The fourth-order valence-corrected chi connectivity index (χ4v) is 1.16. The average molecular weight is 280 g/mol. The maximum atomic E-state index is 12.1. The summed E-state index contributed by atoms with van der Waals surface area (Å²) in [5.41, 5.74) is -0.330. The molecule has 0 spiro atoms. The van der Waals surface area contributed by atoms with Crippen molar-refractivity contribution in [2.45, 2.75) is 12.3 Å². The Hall–Kier alpha value is -2.10. The molecule has 0 aromatic carbocycles. The van der Waals surface area contributed by atoms with E-state index in [0.717, 1.165) is 12.1 Å². The van der Waals surface area contributed by atoms with Gasteiger partial charge in [-0.15, -0.1) is 0 Å². The first-order valence-corrected chi connectivity index (χ1v) is 5.07. The molecule has 0 aliphatic rings. The van der Waals surface area contributed by atoms with Gasteiger partial charge in [-0.2, -0.15) is 13.2 Å². The molecule has 7 nitrogen and oxygen atoms in total. The molecule has 0 aliphatic heterocycles. The molecule has 3 N–H and O–H groups in total. The van der Waals surface area contributed by atoms with E-state index in [-0.39, 0.29) is 17.3 Å². The lowest BCUT2D eigenvalue weighted by Crippen LogP contribution is -2.35. The summed E-state index contributed by atoms with van der Waals surface area (Å²) in [6.07, 6.45) is -7.34. The number of hydrogen-bond donors (Lipinski definition) is 3. The van der Waals surface area contributed by atoms with Crippen molar-refractivity contribution < 1.29 is 23.2 Å². The van der Waals surface area contributed by atoms with Crippen molar-refractivity contribution in [3.63, 3.8) is 0 Å². The third kappa shape index (κ3) is 4.25.